The minimum atomic E-state index is 0.306. The summed E-state index contributed by atoms with van der Waals surface area (Å²) in [6.45, 7) is 0. The zero-order valence-electron chi connectivity index (χ0n) is 7.03. The number of thiazole rings is 1. The number of aromatic nitrogens is 1. The summed E-state index contributed by atoms with van der Waals surface area (Å²) in [5.74, 6) is 1.01. The van der Waals surface area contributed by atoms with Crippen LogP contribution < -0.4 is 0 Å². The van der Waals surface area contributed by atoms with Gasteiger partial charge in [-0.05, 0) is 25.0 Å². The Morgan fingerprint density at radius 3 is 3.00 bits per heavy atom. The Kier molecular flexibility index (Phi) is 1.38. The molecule has 1 N–H and O–H groups in total. The molecule has 1 heterocycles. The Hall–Kier alpha value is -1.09. The van der Waals surface area contributed by atoms with Crippen molar-refractivity contribution in [1.29, 1.82) is 0 Å². The Morgan fingerprint density at radius 2 is 2.23 bits per heavy atom. The zero-order valence-corrected chi connectivity index (χ0v) is 7.84. The molecule has 3 rings (SSSR count). The maximum Gasteiger partial charge on any atom is 0.117 e. The summed E-state index contributed by atoms with van der Waals surface area (Å²) in [7, 11) is 0. The summed E-state index contributed by atoms with van der Waals surface area (Å²) in [6.07, 6.45) is 2.57. The number of benzene rings is 1. The summed E-state index contributed by atoms with van der Waals surface area (Å²) in [5.41, 5.74) is 0.937. The first-order valence-electron chi connectivity index (χ1n) is 4.42. The van der Waals surface area contributed by atoms with E-state index in [4.69, 9.17) is 0 Å². The number of aromatic hydroxyl groups is 1. The van der Waals surface area contributed by atoms with Crippen LogP contribution in [0.1, 0.15) is 23.8 Å². The molecule has 0 radical (unpaired) electrons. The van der Waals surface area contributed by atoms with Crippen LogP contribution in [0.25, 0.3) is 10.2 Å². The molecule has 1 saturated carbocycles. The predicted molar refractivity (Wildman–Crippen MR) is 53.3 cm³/mol. The van der Waals surface area contributed by atoms with Gasteiger partial charge in [-0.2, -0.15) is 0 Å². The summed E-state index contributed by atoms with van der Waals surface area (Å²) in [5, 5.41) is 10.5. The normalized spacial score (nSPS) is 16.6. The number of fused-ring (bicyclic) bond motifs is 1. The first kappa shape index (κ1) is 7.33. The first-order valence-corrected chi connectivity index (χ1v) is 5.24. The summed E-state index contributed by atoms with van der Waals surface area (Å²) in [4.78, 5) is 4.49. The molecule has 2 aromatic rings. The zero-order chi connectivity index (χ0) is 8.84. The van der Waals surface area contributed by atoms with Crippen LogP contribution in [-0.2, 0) is 0 Å². The van der Waals surface area contributed by atoms with Gasteiger partial charge in [0.1, 0.15) is 5.75 Å². The number of phenolic OH excluding ortho intramolecular Hbond substituents is 1. The number of rotatable bonds is 1. The smallest absolute Gasteiger partial charge is 0.117 e. The molecular weight excluding hydrogens is 182 g/mol. The minimum Gasteiger partial charge on any atom is -0.508 e. The van der Waals surface area contributed by atoms with Gasteiger partial charge >= 0.3 is 0 Å². The fourth-order valence-electron chi connectivity index (χ4n) is 1.44. The van der Waals surface area contributed by atoms with E-state index in [0.29, 0.717) is 11.7 Å². The molecule has 66 valence electrons. The molecule has 13 heavy (non-hydrogen) atoms. The number of phenols is 1. The first-order chi connectivity index (χ1) is 6.33. The lowest BCUT2D eigenvalue weighted by atomic mass is 10.3. The Balaban J connectivity index is 2.20. The molecule has 0 unspecified atom stereocenters. The highest BCUT2D eigenvalue weighted by Gasteiger charge is 2.26. The Labute approximate surface area is 79.9 Å². The molecule has 0 amide bonds. The van der Waals surface area contributed by atoms with Crippen molar-refractivity contribution in [2.24, 2.45) is 0 Å². The SMILES string of the molecule is Oc1ccc2sc(C3CC3)nc2c1. The van der Waals surface area contributed by atoms with Crippen LogP contribution in [0.2, 0.25) is 0 Å². The van der Waals surface area contributed by atoms with Crippen molar-refractivity contribution < 1.29 is 5.11 Å². The lowest BCUT2D eigenvalue weighted by Crippen LogP contribution is -1.73. The van der Waals surface area contributed by atoms with Gasteiger partial charge in [0.15, 0.2) is 0 Å². The van der Waals surface area contributed by atoms with Crippen LogP contribution in [0.4, 0.5) is 0 Å². The number of hydrogen-bond acceptors (Lipinski definition) is 3. The van der Waals surface area contributed by atoms with E-state index < -0.39 is 0 Å². The van der Waals surface area contributed by atoms with Gasteiger partial charge in [-0.25, -0.2) is 4.98 Å². The molecule has 1 aliphatic rings. The molecule has 1 aliphatic carbocycles. The van der Waals surface area contributed by atoms with Gasteiger partial charge in [0.05, 0.1) is 15.2 Å². The van der Waals surface area contributed by atoms with Gasteiger partial charge in [-0.3, -0.25) is 0 Å². The Morgan fingerprint density at radius 1 is 1.38 bits per heavy atom. The van der Waals surface area contributed by atoms with E-state index >= 15 is 0 Å². The van der Waals surface area contributed by atoms with E-state index in [1.54, 1.807) is 23.5 Å². The van der Waals surface area contributed by atoms with Crippen molar-refractivity contribution in [2.75, 3.05) is 0 Å². The fourth-order valence-corrected chi connectivity index (χ4v) is 2.56. The van der Waals surface area contributed by atoms with Crippen LogP contribution >= 0.6 is 11.3 Å². The molecular formula is C10H9NOS. The molecule has 0 saturated heterocycles. The van der Waals surface area contributed by atoms with Gasteiger partial charge in [0, 0.05) is 12.0 Å². The minimum absolute atomic E-state index is 0.306. The van der Waals surface area contributed by atoms with E-state index in [-0.39, 0.29) is 0 Å². The van der Waals surface area contributed by atoms with Crippen molar-refractivity contribution in [2.45, 2.75) is 18.8 Å². The predicted octanol–water partition coefficient (Wildman–Crippen LogP) is 2.88. The quantitative estimate of drug-likeness (QED) is 0.751. The van der Waals surface area contributed by atoms with Crippen molar-refractivity contribution in [3.05, 3.63) is 23.2 Å². The molecule has 0 spiro atoms. The van der Waals surface area contributed by atoms with Gasteiger partial charge < -0.3 is 5.11 Å². The average molecular weight is 191 g/mol. The largest absolute Gasteiger partial charge is 0.508 e. The van der Waals surface area contributed by atoms with E-state index in [0.717, 1.165) is 5.52 Å². The second-order valence-corrected chi connectivity index (χ2v) is 4.54. The number of nitrogens with zero attached hydrogens (tertiary/aromatic N) is 1. The van der Waals surface area contributed by atoms with E-state index in [9.17, 15) is 5.11 Å². The highest BCUT2D eigenvalue weighted by Crippen LogP contribution is 2.43. The van der Waals surface area contributed by atoms with Crippen LogP contribution in [-0.4, -0.2) is 10.1 Å². The van der Waals surface area contributed by atoms with Crippen LogP contribution in [0.3, 0.4) is 0 Å². The average Bonchev–Trinajstić information content (AvgIpc) is 2.87. The monoisotopic (exact) mass is 191 g/mol. The Bertz CT molecular complexity index is 459. The molecule has 1 aromatic heterocycles. The molecule has 3 heteroatoms. The van der Waals surface area contributed by atoms with Crippen molar-refractivity contribution >= 4 is 21.6 Å². The van der Waals surface area contributed by atoms with Gasteiger partial charge in [0.25, 0.3) is 0 Å². The van der Waals surface area contributed by atoms with Crippen molar-refractivity contribution in [3.8, 4) is 5.75 Å². The van der Waals surface area contributed by atoms with Gasteiger partial charge in [-0.1, -0.05) is 0 Å². The molecule has 2 nitrogen and oxygen atoms in total. The van der Waals surface area contributed by atoms with Gasteiger partial charge in [-0.15, -0.1) is 11.3 Å². The van der Waals surface area contributed by atoms with E-state index in [2.05, 4.69) is 4.98 Å². The summed E-state index contributed by atoms with van der Waals surface area (Å²) >= 11 is 1.75. The van der Waals surface area contributed by atoms with Crippen LogP contribution in [0.15, 0.2) is 18.2 Å². The molecule has 0 bridgehead atoms. The molecule has 1 aromatic carbocycles. The van der Waals surface area contributed by atoms with Gasteiger partial charge in [0.2, 0.25) is 0 Å². The summed E-state index contributed by atoms with van der Waals surface area (Å²) < 4.78 is 1.18. The molecule has 0 atom stereocenters. The summed E-state index contributed by atoms with van der Waals surface area (Å²) in [6, 6.07) is 5.39. The standard InChI is InChI=1S/C10H9NOS/c12-7-3-4-9-8(5-7)11-10(13-9)6-1-2-6/h3-6,12H,1-2H2. The molecule has 0 aliphatic heterocycles. The van der Waals surface area contributed by atoms with Crippen molar-refractivity contribution in [3.63, 3.8) is 0 Å². The van der Waals surface area contributed by atoms with E-state index in [1.807, 2.05) is 6.07 Å². The highest BCUT2D eigenvalue weighted by atomic mass is 32.1. The van der Waals surface area contributed by atoms with E-state index in [1.165, 1.54) is 22.5 Å². The third-order valence-corrected chi connectivity index (χ3v) is 3.51. The fraction of sp³-hybridized carbons (Fsp3) is 0.300. The topological polar surface area (TPSA) is 33.1 Å². The second kappa shape index (κ2) is 2.45. The maximum atomic E-state index is 9.26. The van der Waals surface area contributed by atoms with Crippen LogP contribution in [0.5, 0.6) is 5.75 Å². The number of hydrogen-bond donors (Lipinski definition) is 1. The maximum absolute atomic E-state index is 9.26. The van der Waals surface area contributed by atoms with Crippen LogP contribution in [0, 0.1) is 0 Å². The molecule has 1 fully saturated rings. The third-order valence-electron chi connectivity index (χ3n) is 2.31. The highest BCUT2D eigenvalue weighted by molar-refractivity contribution is 7.18. The third kappa shape index (κ3) is 1.20. The second-order valence-electron chi connectivity index (χ2n) is 3.48. The van der Waals surface area contributed by atoms with Crippen molar-refractivity contribution in [1.82, 2.24) is 4.98 Å². The lowest BCUT2D eigenvalue weighted by Gasteiger charge is -1.88. The lowest BCUT2D eigenvalue weighted by molar-refractivity contribution is 0.476.